The Morgan fingerprint density at radius 2 is 1.88 bits per heavy atom. The molecule has 0 spiro atoms. The second-order valence-corrected chi connectivity index (χ2v) is 3.34. The molecule has 1 aromatic carbocycles. The van der Waals surface area contributed by atoms with E-state index >= 15 is 0 Å². The van der Waals surface area contributed by atoms with Crippen molar-refractivity contribution in [3.63, 3.8) is 0 Å². The molecule has 0 unspecified atom stereocenters. The number of pyridine rings is 1. The van der Waals surface area contributed by atoms with Gasteiger partial charge in [-0.2, -0.15) is 0 Å². The van der Waals surface area contributed by atoms with Crippen LogP contribution in [0, 0.1) is 0 Å². The number of allylic oxidation sites excluding steroid dienone is 1. The Morgan fingerprint density at radius 1 is 1.06 bits per heavy atom. The standard InChI is InChI=1S/C14H13NO/c1-2-6-12-9-10-14(15-11-12)16-13-7-4-3-5-8-13/h2-11H,1H3. The van der Waals surface area contributed by atoms with Crippen molar-refractivity contribution in [1.29, 1.82) is 0 Å². The average Bonchev–Trinajstić information content (AvgIpc) is 2.33. The molecule has 1 aromatic heterocycles. The van der Waals surface area contributed by atoms with E-state index in [2.05, 4.69) is 4.98 Å². The van der Waals surface area contributed by atoms with Crippen LogP contribution in [0.4, 0.5) is 0 Å². The minimum atomic E-state index is 0.611. The van der Waals surface area contributed by atoms with Crippen molar-refractivity contribution in [2.75, 3.05) is 0 Å². The number of benzene rings is 1. The number of para-hydroxylation sites is 1. The van der Waals surface area contributed by atoms with Gasteiger partial charge in [0.2, 0.25) is 5.88 Å². The number of ether oxygens (including phenoxy) is 1. The Hall–Kier alpha value is -2.09. The summed E-state index contributed by atoms with van der Waals surface area (Å²) in [6, 6.07) is 13.5. The average molecular weight is 211 g/mol. The minimum Gasteiger partial charge on any atom is -0.439 e. The highest BCUT2D eigenvalue weighted by Gasteiger charge is 1.96. The van der Waals surface area contributed by atoms with Gasteiger partial charge in [-0.05, 0) is 30.7 Å². The van der Waals surface area contributed by atoms with Gasteiger partial charge in [-0.1, -0.05) is 30.4 Å². The summed E-state index contributed by atoms with van der Waals surface area (Å²) in [5.74, 6) is 1.41. The molecule has 0 fully saturated rings. The molecule has 2 aromatic rings. The second kappa shape index (κ2) is 5.12. The lowest BCUT2D eigenvalue weighted by Crippen LogP contribution is -1.87. The van der Waals surface area contributed by atoms with E-state index in [0.717, 1.165) is 11.3 Å². The second-order valence-electron chi connectivity index (χ2n) is 3.34. The van der Waals surface area contributed by atoms with Gasteiger partial charge >= 0.3 is 0 Å². The van der Waals surface area contributed by atoms with Gasteiger partial charge in [0, 0.05) is 12.3 Å². The Labute approximate surface area is 95.2 Å². The first-order chi connectivity index (χ1) is 7.88. The first kappa shape index (κ1) is 10.4. The van der Waals surface area contributed by atoms with Crippen LogP contribution < -0.4 is 4.74 Å². The van der Waals surface area contributed by atoms with Crippen LogP contribution in [0.25, 0.3) is 6.08 Å². The zero-order valence-corrected chi connectivity index (χ0v) is 9.13. The summed E-state index contributed by atoms with van der Waals surface area (Å²) in [5, 5.41) is 0. The normalized spacial score (nSPS) is 10.6. The summed E-state index contributed by atoms with van der Waals surface area (Å²) in [7, 11) is 0. The van der Waals surface area contributed by atoms with Gasteiger partial charge < -0.3 is 4.74 Å². The lowest BCUT2D eigenvalue weighted by Gasteiger charge is -2.03. The molecule has 0 aliphatic carbocycles. The van der Waals surface area contributed by atoms with E-state index in [1.807, 2.05) is 61.5 Å². The Bertz CT molecular complexity index is 460. The fourth-order valence-electron chi connectivity index (χ4n) is 1.35. The van der Waals surface area contributed by atoms with Crippen molar-refractivity contribution >= 4 is 6.08 Å². The predicted molar refractivity (Wildman–Crippen MR) is 65.5 cm³/mol. The SMILES string of the molecule is CC=Cc1ccc(Oc2ccccc2)nc1. The molecule has 0 atom stereocenters. The molecule has 0 saturated carbocycles. The van der Waals surface area contributed by atoms with E-state index in [9.17, 15) is 0 Å². The molecule has 2 heteroatoms. The van der Waals surface area contributed by atoms with Gasteiger partial charge in [-0.15, -0.1) is 0 Å². The molecule has 0 amide bonds. The van der Waals surface area contributed by atoms with Gasteiger partial charge in [0.15, 0.2) is 0 Å². The van der Waals surface area contributed by atoms with Crippen molar-refractivity contribution in [1.82, 2.24) is 4.98 Å². The molecule has 0 saturated heterocycles. The lowest BCUT2D eigenvalue weighted by atomic mass is 10.2. The van der Waals surface area contributed by atoms with E-state index in [-0.39, 0.29) is 0 Å². The van der Waals surface area contributed by atoms with Gasteiger partial charge in [0.05, 0.1) is 0 Å². The van der Waals surface area contributed by atoms with Crippen LogP contribution in [0.5, 0.6) is 11.6 Å². The van der Waals surface area contributed by atoms with E-state index in [1.165, 1.54) is 0 Å². The molecule has 80 valence electrons. The van der Waals surface area contributed by atoms with Gasteiger partial charge in [0.1, 0.15) is 5.75 Å². The maximum atomic E-state index is 5.58. The van der Waals surface area contributed by atoms with E-state index in [0.29, 0.717) is 5.88 Å². The third-order valence-corrected chi connectivity index (χ3v) is 2.08. The highest BCUT2D eigenvalue weighted by Crippen LogP contribution is 2.18. The summed E-state index contributed by atoms with van der Waals surface area (Å²) < 4.78 is 5.58. The molecule has 2 nitrogen and oxygen atoms in total. The van der Waals surface area contributed by atoms with Crippen LogP contribution in [-0.4, -0.2) is 4.98 Å². The fourth-order valence-corrected chi connectivity index (χ4v) is 1.35. The summed E-state index contributed by atoms with van der Waals surface area (Å²) in [6.07, 6.45) is 5.77. The predicted octanol–water partition coefficient (Wildman–Crippen LogP) is 3.91. The first-order valence-corrected chi connectivity index (χ1v) is 5.20. The quantitative estimate of drug-likeness (QED) is 0.768. The molecular weight excluding hydrogens is 198 g/mol. The first-order valence-electron chi connectivity index (χ1n) is 5.20. The number of hydrogen-bond donors (Lipinski definition) is 0. The molecule has 0 aliphatic rings. The van der Waals surface area contributed by atoms with E-state index in [1.54, 1.807) is 6.20 Å². The van der Waals surface area contributed by atoms with E-state index in [4.69, 9.17) is 4.74 Å². The van der Waals surface area contributed by atoms with Crippen LogP contribution in [0.15, 0.2) is 54.7 Å². The van der Waals surface area contributed by atoms with Crippen LogP contribution >= 0.6 is 0 Å². The number of rotatable bonds is 3. The molecule has 0 aliphatic heterocycles. The molecule has 0 N–H and O–H groups in total. The van der Waals surface area contributed by atoms with Gasteiger partial charge in [-0.25, -0.2) is 4.98 Å². The van der Waals surface area contributed by atoms with Crippen molar-refractivity contribution in [3.8, 4) is 11.6 Å². The molecule has 0 bridgehead atoms. The van der Waals surface area contributed by atoms with Crippen LogP contribution in [-0.2, 0) is 0 Å². The molecule has 0 radical (unpaired) electrons. The fraction of sp³-hybridized carbons (Fsp3) is 0.0714. The Morgan fingerprint density at radius 3 is 2.50 bits per heavy atom. The maximum absolute atomic E-state index is 5.58. The third kappa shape index (κ3) is 2.70. The monoisotopic (exact) mass is 211 g/mol. The summed E-state index contributed by atoms with van der Waals surface area (Å²) in [6.45, 7) is 1.98. The highest BCUT2D eigenvalue weighted by molar-refractivity contribution is 5.47. The van der Waals surface area contributed by atoms with Crippen LogP contribution in [0.2, 0.25) is 0 Å². The van der Waals surface area contributed by atoms with Crippen molar-refractivity contribution < 1.29 is 4.74 Å². The zero-order valence-electron chi connectivity index (χ0n) is 9.13. The smallest absolute Gasteiger partial charge is 0.219 e. The topological polar surface area (TPSA) is 22.1 Å². The highest BCUT2D eigenvalue weighted by atomic mass is 16.5. The van der Waals surface area contributed by atoms with Crippen LogP contribution in [0.3, 0.4) is 0 Å². The molecular formula is C14H13NO. The van der Waals surface area contributed by atoms with Gasteiger partial charge in [-0.3, -0.25) is 0 Å². The van der Waals surface area contributed by atoms with Crippen molar-refractivity contribution in [2.45, 2.75) is 6.92 Å². The number of hydrogen-bond acceptors (Lipinski definition) is 2. The van der Waals surface area contributed by atoms with Gasteiger partial charge in [0.25, 0.3) is 0 Å². The van der Waals surface area contributed by atoms with Crippen molar-refractivity contribution in [2.24, 2.45) is 0 Å². The van der Waals surface area contributed by atoms with Crippen molar-refractivity contribution in [3.05, 3.63) is 60.3 Å². The molecule has 2 rings (SSSR count). The lowest BCUT2D eigenvalue weighted by molar-refractivity contribution is 0.463. The summed E-state index contributed by atoms with van der Waals surface area (Å²) in [5.41, 5.74) is 1.07. The zero-order chi connectivity index (χ0) is 11.2. The Balaban J connectivity index is 2.11. The number of aromatic nitrogens is 1. The van der Waals surface area contributed by atoms with E-state index < -0.39 is 0 Å². The third-order valence-electron chi connectivity index (χ3n) is 2.08. The molecule has 16 heavy (non-hydrogen) atoms. The minimum absolute atomic E-state index is 0.611. The number of nitrogens with zero attached hydrogens (tertiary/aromatic N) is 1. The van der Waals surface area contributed by atoms with Crippen LogP contribution in [0.1, 0.15) is 12.5 Å². The maximum Gasteiger partial charge on any atom is 0.219 e. The Kier molecular flexibility index (Phi) is 3.34. The summed E-state index contributed by atoms with van der Waals surface area (Å²) >= 11 is 0. The largest absolute Gasteiger partial charge is 0.439 e. The summed E-state index contributed by atoms with van der Waals surface area (Å²) in [4.78, 5) is 4.22. The molecule has 1 heterocycles.